The zero-order valence-corrected chi connectivity index (χ0v) is 11.2. The minimum absolute atomic E-state index is 0.0661. The van der Waals surface area contributed by atoms with E-state index < -0.39 is 17.8 Å². The van der Waals surface area contributed by atoms with E-state index in [4.69, 9.17) is 9.47 Å². The van der Waals surface area contributed by atoms with Gasteiger partial charge in [0.25, 0.3) is 0 Å². The Labute approximate surface area is 108 Å². The number of ether oxygens (including phenoxy) is 2. The number of carbonyl (C=O) groups is 2. The van der Waals surface area contributed by atoms with Crippen molar-refractivity contribution in [1.29, 1.82) is 0 Å². The minimum atomic E-state index is -0.587. The first kappa shape index (κ1) is 14.7. The fourth-order valence-electron chi connectivity index (χ4n) is 1.77. The lowest BCUT2D eigenvalue weighted by atomic mass is 10.0. The highest BCUT2D eigenvalue weighted by molar-refractivity contribution is 5.86. The second-order valence-corrected chi connectivity index (χ2v) is 5.29. The van der Waals surface area contributed by atoms with Crippen molar-refractivity contribution >= 4 is 11.9 Å². The van der Waals surface area contributed by atoms with Crippen LogP contribution in [0.2, 0.25) is 0 Å². The molecule has 1 aliphatic rings. The lowest BCUT2D eigenvalue weighted by molar-refractivity contribution is -0.127. The Morgan fingerprint density at radius 2 is 2.17 bits per heavy atom. The van der Waals surface area contributed by atoms with Crippen LogP contribution in [0.15, 0.2) is 12.7 Å². The zero-order chi connectivity index (χ0) is 13.8. The van der Waals surface area contributed by atoms with Gasteiger partial charge in [-0.2, -0.15) is 0 Å². The molecule has 0 bridgehead atoms. The van der Waals surface area contributed by atoms with E-state index in [1.165, 1.54) is 6.08 Å². The highest BCUT2D eigenvalue weighted by Crippen LogP contribution is 2.17. The summed E-state index contributed by atoms with van der Waals surface area (Å²) in [5, 5.41) is 2.68. The molecular weight excluding hydrogens is 234 g/mol. The van der Waals surface area contributed by atoms with Crippen LogP contribution in [0.4, 0.5) is 4.79 Å². The maximum absolute atomic E-state index is 11.7. The zero-order valence-electron chi connectivity index (χ0n) is 11.2. The quantitative estimate of drug-likeness (QED) is 0.778. The molecule has 1 saturated heterocycles. The van der Waals surface area contributed by atoms with Crippen LogP contribution < -0.4 is 5.32 Å². The molecule has 2 atom stereocenters. The van der Waals surface area contributed by atoms with Crippen LogP contribution in [-0.4, -0.2) is 36.2 Å². The summed E-state index contributed by atoms with van der Waals surface area (Å²) in [6.07, 6.45) is 1.29. The number of Topliss-reactive ketones (excluding diaryl/α,β-unsaturated/α-hetero) is 1. The third kappa shape index (κ3) is 4.49. The van der Waals surface area contributed by atoms with E-state index in [-0.39, 0.29) is 18.2 Å². The summed E-state index contributed by atoms with van der Waals surface area (Å²) in [4.78, 5) is 23.4. The van der Waals surface area contributed by atoms with E-state index in [9.17, 15) is 9.59 Å². The molecule has 1 rings (SSSR count). The molecule has 5 nitrogen and oxygen atoms in total. The smallest absolute Gasteiger partial charge is 0.407 e. The lowest BCUT2D eigenvalue weighted by Gasteiger charge is -2.23. The Bertz CT molecular complexity index is 332. The SMILES string of the molecule is C=CCC(=O)[C@H]1OCC[C@H]1NC(=O)OC(C)(C)C. The minimum Gasteiger partial charge on any atom is -0.444 e. The molecule has 1 heterocycles. The molecule has 0 aromatic carbocycles. The third-order valence-corrected chi connectivity index (χ3v) is 2.46. The summed E-state index contributed by atoms with van der Waals surface area (Å²) in [6.45, 7) is 9.35. The molecule has 1 aliphatic heterocycles. The van der Waals surface area contributed by atoms with E-state index in [0.29, 0.717) is 13.0 Å². The van der Waals surface area contributed by atoms with Gasteiger partial charge in [0, 0.05) is 13.0 Å². The number of rotatable bonds is 4. The van der Waals surface area contributed by atoms with Gasteiger partial charge in [-0.3, -0.25) is 4.79 Å². The second kappa shape index (κ2) is 6.00. The van der Waals surface area contributed by atoms with E-state index in [0.717, 1.165) is 0 Å². The molecular formula is C13H21NO4. The van der Waals surface area contributed by atoms with Crippen LogP contribution in [-0.2, 0) is 14.3 Å². The number of amides is 1. The predicted octanol–water partition coefficient (Wildman–Crippen LogP) is 1.81. The molecule has 0 saturated carbocycles. The predicted molar refractivity (Wildman–Crippen MR) is 67.3 cm³/mol. The summed E-state index contributed by atoms with van der Waals surface area (Å²) in [6, 6.07) is -0.313. The van der Waals surface area contributed by atoms with Crippen molar-refractivity contribution in [2.45, 2.75) is 51.4 Å². The Hall–Kier alpha value is -1.36. The van der Waals surface area contributed by atoms with Gasteiger partial charge in [-0.15, -0.1) is 6.58 Å². The number of alkyl carbamates (subject to hydrolysis) is 1. The number of allylic oxidation sites excluding steroid dienone is 1. The van der Waals surface area contributed by atoms with Gasteiger partial charge in [-0.25, -0.2) is 4.79 Å². The first-order chi connectivity index (χ1) is 8.33. The van der Waals surface area contributed by atoms with E-state index in [1.807, 2.05) is 0 Å². The van der Waals surface area contributed by atoms with E-state index in [1.54, 1.807) is 20.8 Å². The summed E-state index contributed by atoms with van der Waals surface area (Å²) < 4.78 is 10.5. The largest absolute Gasteiger partial charge is 0.444 e. The molecule has 0 aromatic heterocycles. The van der Waals surface area contributed by atoms with Crippen molar-refractivity contribution in [2.24, 2.45) is 0 Å². The normalized spacial score (nSPS) is 23.5. The molecule has 0 aromatic rings. The maximum Gasteiger partial charge on any atom is 0.407 e. The third-order valence-electron chi connectivity index (χ3n) is 2.46. The average molecular weight is 255 g/mol. The van der Waals surface area contributed by atoms with Gasteiger partial charge in [-0.1, -0.05) is 6.08 Å². The molecule has 0 unspecified atom stereocenters. The molecule has 1 fully saturated rings. The highest BCUT2D eigenvalue weighted by atomic mass is 16.6. The van der Waals surface area contributed by atoms with E-state index >= 15 is 0 Å². The fourth-order valence-corrected chi connectivity index (χ4v) is 1.77. The van der Waals surface area contributed by atoms with Crippen molar-refractivity contribution in [1.82, 2.24) is 5.32 Å². The second-order valence-electron chi connectivity index (χ2n) is 5.29. The summed E-state index contributed by atoms with van der Waals surface area (Å²) in [7, 11) is 0. The Kier molecular flexibility index (Phi) is 4.90. The molecule has 0 spiro atoms. The monoisotopic (exact) mass is 255 g/mol. The van der Waals surface area contributed by atoms with Crippen LogP contribution in [0.25, 0.3) is 0 Å². The van der Waals surface area contributed by atoms with Crippen LogP contribution in [0.1, 0.15) is 33.6 Å². The van der Waals surface area contributed by atoms with Gasteiger partial charge in [-0.05, 0) is 27.2 Å². The number of hydrogen-bond acceptors (Lipinski definition) is 4. The molecule has 18 heavy (non-hydrogen) atoms. The summed E-state index contributed by atoms with van der Waals surface area (Å²) in [5.74, 6) is -0.0661. The highest BCUT2D eigenvalue weighted by Gasteiger charge is 2.35. The Morgan fingerprint density at radius 3 is 2.72 bits per heavy atom. The first-order valence-electron chi connectivity index (χ1n) is 6.08. The van der Waals surface area contributed by atoms with Gasteiger partial charge < -0.3 is 14.8 Å². The molecule has 102 valence electrons. The maximum atomic E-state index is 11.7. The first-order valence-corrected chi connectivity index (χ1v) is 6.08. The number of ketones is 1. The molecule has 1 N–H and O–H groups in total. The lowest BCUT2D eigenvalue weighted by Crippen LogP contribution is -2.45. The van der Waals surface area contributed by atoms with Crippen molar-refractivity contribution in [2.75, 3.05) is 6.61 Å². The van der Waals surface area contributed by atoms with Gasteiger partial charge in [0.15, 0.2) is 5.78 Å². The number of carbonyl (C=O) groups excluding carboxylic acids is 2. The van der Waals surface area contributed by atoms with Crippen molar-refractivity contribution < 1.29 is 19.1 Å². The van der Waals surface area contributed by atoms with Crippen LogP contribution in [0.5, 0.6) is 0 Å². The topological polar surface area (TPSA) is 64.6 Å². The van der Waals surface area contributed by atoms with Crippen molar-refractivity contribution in [3.05, 3.63) is 12.7 Å². The summed E-state index contributed by atoms with van der Waals surface area (Å²) in [5.41, 5.74) is -0.551. The summed E-state index contributed by atoms with van der Waals surface area (Å²) >= 11 is 0. The Morgan fingerprint density at radius 1 is 1.50 bits per heavy atom. The number of nitrogens with one attached hydrogen (secondary N) is 1. The molecule has 0 radical (unpaired) electrons. The molecule has 0 aliphatic carbocycles. The van der Waals surface area contributed by atoms with Crippen molar-refractivity contribution in [3.63, 3.8) is 0 Å². The average Bonchev–Trinajstić information content (AvgIpc) is 2.62. The number of hydrogen-bond donors (Lipinski definition) is 1. The molecule has 1 amide bonds. The van der Waals surface area contributed by atoms with Crippen LogP contribution >= 0.6 is 0 Å². The van der Waals surface area contributed by atoms with Crippen LogP contribution in [0.3, 0.4) is 0 Å². The van der Waals surface area contributed by atoms with Crippen molar-refractivity contribution in [3.8, 4) is 0 Å². The molecule has 5 heteroatoms. The Balaban J connectivity index is 2.52. The van der Waals surface area contributed by atoms with Gasteiger partial charge in [0.1, 0.15) is 11.7 Å². The van der Waals surface area contributed by atoms with E-state index in [2.05, 4.69) is 11.9 Å². The standard InChI is InChI=1S/C13H21NO4/c1-5-6-10(15)11-9(7-8-17-11)14-12(16)18-13(2,3)4/h5,9,11H,1,6-8H2,2-4H3,(H,14,16)/t9-,11+/m1/s1. The van der Waals surface area contributed by atoms with Crippen LogP contribution in [0, 0.1) is 0 Å². The van der Waals surface area contributed by atoms with Gasteiger partial charge in [0.2, 0.25) is 0 Å². The fraction of sp³-hybridized carbons (Fsp3) is 0.692. The van der Waals surface area contributed by atoms with Gasteiger partial charge in [0.05, 0.1) is 6.04 Å². The van der Waals surface area contributed by atoms with Gasteiger partial charge >= 0.3 is 6.09 Å².